The average molecular weight is 223 g/mol. The highest BCUT2D eigenvalue weighted by molar-refractivity contribution is 5.05. The molecule has 1 aromatic heterocycles. The Bertz CT molecular complexity index is 337. The maximum Gasteiger partial charge on any atom is 0.198 e. The number of hydrogen-bond donors (Lipinski definition) is 1. The lowest BCUT2D eigenvalue weighted by Crippen LogP contribution is -2.31. The zero-order valence-corrected chi connectivity index (χ0v) is 10.4. The molecule has 16 heavy (non-hydrogen) atoms. The molecule has 4 heteroatoms. The van der Waals surface area contributed by atoms with Gasteiger partial charge in [0.2, 0.25) is 0 Å². The van der Waals surface area contributed by atoms with Gasteiger partial charge in [-0.2, -0.15) is 0 Å². The van der Waals surface area contributed by atoms with Crippen LogP contribution in [0.1, 0.15) is 43.3 Å². The van der Waals surface area contributed by atoms with E-state index in [1.807, 2.05) is 7.05 Å². The first-order valence-electron chi connectivity index (χ1n) is 6.02. The smallest absolute Gasteiger partial charge is 0.198 e. The van der Waals surface area contributed by atoms with Crippen LogP contribution in [0, 0.1) is 0 Å². The fourth-order valence-corrected chi connectivity index (χ4v) is 2.20. The van der Waals surface area contributed by atoms with Crippen LogP contribution < -0.4 is 5.32 Å². The molecule has 1 N–H and O–H groups in total. The SMILES string of the molecule is CNC(C)c1coc(C2CCCN(C)C2)n1. The van der Waals surface area contributed by atoms with E-state index in [1.54, 1.807) is 6.26 Å². The molecule has 0 bridgehead atoms. The molecule has 2 unspecified atom stereocenters. The third-order valence-electron chi connectivity index (χ3n) is 3.39. The van der Waals surface area contributed by atoms with Gasteiger partial charge in [-0.25, -0.2) is 4.98 Å². The van der Waals surface area contributed by atoms with Gasteiger partial charge < -0.3 is 14.6 Å². The Labute approximate surface area is 97.0 Å². The first-order chi connectivity index (χ1) is 7.70. The van der Waals surface area contributed by atoms with Crippen molar-refractivity contribution in [3.8, 4) is 0 Å². The quantitative estimate of drug-likeness (QED) is 0.848. The average Bonchev–Trinajstić information content (AvgIpc) is 2.77. The number of likely N-dealkylation sites (N-methyl/N-ethyl adjacent to an activating group) is 1. The Balaban J connectivity index is 2.06. The minimum absolute atomic E-state index is 0.263. The van der Waals surface area contributed by atoms with E-state index in [1.165, 1.54) is 19.4 Å². The third kappa shape index (κ3) is 2.44. The fourth-order valence-electron chi connectivity index (χ4n) is 2.20. The normalized spacial score (nSPS) is 24.6. The van der Waals surface area contributed by atoms with Gasteiger partial charge in [0.1, 0.15) is 6.26 Å². The van der Waals surface area contributed by atoms with Crippen LogP contribution in [0.3, 0.4) is 0 Å². The standard InChI is InChI=1S/C12H21N3O/c1-9(13-2)11-8-16-12(14-11)10-5-4-6-15(3)7-10/h8-10,13H,4-7H2,1-3H3. The Morgan fingerprint density at radius 2 is 2.44 bits per heavy atom. The molecule has 0 aromatic carbocycles. The van der Waals surface area contributed by atoms with E-state index in [9.17, 15) is 0 Å². The van der Waals surface area contributed by atoms with Crippen LogP contribution in [0.15, 0.2) is 10.7 Å². The number of nitrogens with zero attached hydrogens (tertiary/aromatic N) is 2. The minimum Gasteiger partial charge on any atom is -0.448 e. The lowest BCUT2D eigenvalue weighted by atomic mass is 9.98. The van der Waals surface area contributed by atoms with Crippen molar-refractivity contribution in [1.82, 2.24) is 15.2 Å². The monoisotopic (exact) mass is 223 g/mol. The predicted octanol–water partition coefficient (Wildman–Crippen LogP) is 1.76. The maximum atomic E-state index is 5.60. The van der Waals surface area contributed by atoms with Gasteiger partial charge >= 0.3 is 0 Å². The zero-order valence-electron chi connectivity index (χ0n) is 10.4. The molecule has 0 saturated carbocycles. The van der Waals surface area contributed by atoms with E-state index in [-0.39, 0.29) is 6.04 Å². The first kappa shape index (κ1) is 11.6. The van der Waals surface area contributed by atoms with Gasteiger partial charge in [-0.15, -0.1) is 0 Å². The topological polar surface area (TPSA) is 41.3 Å². The number of rotatable bonds is 3. The molecule has 4 nitrogen and oxygen atoms in total. The highest BCUT2D eigenvalue weighted by Crippen LogP contribution is 2.26. The summed E-state index contributed by atoms with van der Waals surface area (Å²) in [5.74, 6) is 1.38. The van der Waals surface area contributed by atoms with E-state index in [2.05, 4.69) is 29.2 Å². The van der Waals surface area contributed by atoms with Crippen molar-refractivity contribution in [2.45, 2.75) is 31.7 Å². The molecule has 90 valence electrons. The summed E-state index contributed by atoms with van der Waals surface area (Å²) in [6.45, 7) is 4.35. The summed E-state index contributed by atoms with van der Waals surface area (Å²) in [5.41, 5.74) is 1.01. The summed E-state index contributed by atoms with van der Waals surface area (Å²) < 4.78 is 5.60. The largest absolute Gasteiger partial charge is 0.448 e. The van der Waals surface area contributed by atoms with Crippen molar-refractivity contribution in [2.24, 2.45) is 0 Å². The molecule has 1 aliphatic rings. The molecule has 0 radical (unpaired) electrons. The zero-order chi connectivity index (χ0) is 11.5. The van der Waals surface area contributed by atoms with Gasteiger partial charge in [0, 0.05) is 18.5 Å². The Hall–Kier alpha value is -0.870. The molecule has 0 amide bonds. The summed E-state index contributed by atoms with van der Waals surface area (Å²) in [4.78, 5) is 6.93. The Morgan fingerprint density at radius 1 is 1.62 bits per heavy atom. The molecule has 1 fully saturated rings. The third-order valence-corrected chi connectivity index (χ3v) is 3.39. The number of nitrogens with one attached hydrogen (secondary N) is 1. The van der Waals surface area contributed by atoms with Crippen molar-refractivity contribution in [3.63, 3.8) is 0 Å². The van der Waals surface area contributed by atoms with E-state index in [0.717, 1.165) is 18.1 Å². The summed E-state index contributed by atoms with van der Waals surface area (Å²) in [6, 6.07) is 0.263. The first-order valence-corrected chi connectivity index (χ1v) is 6.02. The summed E-state index contributed by atoms with van der Waals surface area (Å²) in [5, 5.41) is 3.17. The molecule has 1 aliphatic heterocycles. The number of oxazole rings is 1. The molecular formula is C12H21N3O. The molecule has 0 aliphatic carbocycles. The summed E-state index contributed by atoms with van der Waals surface area (Å²) >= 11 is 0. The van der Waals surface area contributed by atoms with Crippen LogP contribution in [0.4, 0.5) is 0 Å². The van der Waals surface area contributed by atoms with E-state index < -0.39 is 0 Å². The number of aromatic nitrogens is 1. The lowest BCUT2D eigenvalue weighted by Gasteiger charge is -2.27. The molecule has 0 spiro atoms. The summed E-state index contributed by atoms with van der Waals surface area (Å²) in [6.07, 6.45) is 4.21. The van der Waals surface area contributed by atoms with Crippen molar-refractivity contribution in [3.05, 3.63) is 17.8 Å². The molecule has 2 heterocycles. The van der Waals surface area contributed by atoms with Crippen molar-refractivity contribution in [1.29, 1.82) is 0 Å². The lowest BCUT2D eigenvalue weighted by molar-refractivity contribution is 0.230. The van der Waals surface area contributed by atoms with Crippen molar-refractivity contribution >= 4 is 0 Å². The van der Waals surface area contributed by atoms with Crippen molar-refractivity contribution < 1.29 is 4.42 Å². The predicted molar refractivity (Wildman–Crippen MR) is 63.4 cm³/mol. The van der Waals surface area contributed by atoms with E-state index >= 15 is 0 Å². The number of piperidine rings is 1. The second-order valence-electron chi connectivity index (χ2n) is 4.72. The molecule has 2 rings (SSSR count). The van der Waals surface area contributed by atoms with Gasteiger partial charge in [-0.1, -0.05) is 0 Å². The fraction of sp³-hybridized carbons (Fsp3) is 0.750. The van der Waals surface area contributed by atoms with Gasteiger partial charge in [-0.05, 0) is 40.4 Å². The van der Waals surface area contributed by atoms with Gasteiger partial charge in [0.25, 0.3) is 0 Å². The maximum absolute atomic E-state index is 5.60. The Kier molecular flexibility index (Phi) is 3.61. The second kappa shape index (κ2) is 4.97. The van der Waals surface area contributed by atoms with Crippen LogP contribution in [-0.2, 0) is 0 Å². The van der Waals surface area contributed by atoms with Crippen molar-refractivity contribution in [2.75, 3.05) is 27.2 Å². The number of hydrogen-bond acceptors (Lipinski definition) is 4. The number of likely N-dealkylation sites (tertiary alicyclic amines) is 1. The highest BCUT2D eigenvalue weighted by atomic mass is 16.3. The molecule has 1 saturated heterocycles. The van der Waals surface area contributed by atoms with Crippen LogP contribution >= 0.6 is 0 Å². The molecular weight excluding hydrogens is 202 g/mol. The van der Waals surface area contributed by atoms with Crippen LogP contribution in [0.5, 0.6) is 0 Å². The van der Waals surface area contributed by atoms with E-state index in [0.29, 0.717) is 5.92 Å². The second-order valence-corrected chi connectivity index (χ2v) is 4.72. The van der Waals surface area contributed by atoms with Crippen LogP contribution in [0.2, 0.25) is 0 Å². The Morgan fingerprint density at radius 3 is 3.12 bits per heavy atom. The highest BCUT2D eigenvalue weighted by Gasteiger charge is 2.23. The molecule has 2 atom stereocenters. The van der Waals surface area contributed by atoms with Crippen LogP contribution in [0.25, 0.3) is 0 Å². The minimum atomic E-state index is 0.263. The van der Waals surface area contributed by atoms with Crippen LogP contribution in [-0.4, -0.2) is 37.1 Å². The summed E-state index contributed by atoms with van der Waals surface area (Å²) in [7, 11) is 4.10. The van der Waals surface area contributed by atoms with Gasteiger partial charge in [-0.3, -0.25) is 0 Å². The van der Waals surface area contributed by atoms with Gasteiger partial charge in [0.15, 0.2) is 5.89 Å². The van der Waals surface area contributed by atoms with E-state index in [4.69, 9.17) is 4.42 Å². The molecule has 1 aromatic rings. The van der Waals surface area contributed by atoms with Gasteiger partial charge in [0.05, 0.1) is 5.69 Å².